The van der Waals surface area contributed by atoms with E-state index in [0.717, 1.165) is 5.57 Å². The maximum atomic E-state index is 13.7. The van der Waals surface area contributed by atoms with Gasteiger partial charge in [-0.1, -0.05) is 12.5 Å². The molecule has 0 aliphatic heterocycles. The fourth-order valence-corrected chi connectivity index (χ4v) is 2.89. The third-order valence-electron chi connectivity index (χ3n) is 4.57. The molecule has 6 nitrogen and oxygen atoms in total. The number of ether oxygens (including phenoxy) is 3. The summed E-state index contributed by atoms with van der Waals surface area (Å²) in [6.07, 6.45) is -2.55. The summed E-state index contributed by atoms with van der Waals surface area (Å²) in [4.78, 5) is 24.8. The second kappa shape index (κ2) is 10.5. The first-order chi connectivity index (χ1) is 16.1. The molecule has 0 aliphatic carbocycles. The predicted octanol–water partition coefficient (Wildman–Crippen LogP) is 6.52. The lowest BCUT2D eigenvalue weighted by molar-refractivity contribution is -0.154. The number of carbonyl (C=O) groups excluding carboxylic acids is 1. The molecule has 0 aliphatic rings. The number of halogens is 3. The third-order valence-corrected chi connectivity index (χ3v) is 4.57. The van der Waals surface area contributed by atoms with Gasteiger partial charge in [0.25, 0.3) is 5.76 Å². The molecular weight excluding hydrogens is 453 g/mol. The number of carbonyl (C=O) groups is 1. The summed E-state index contributed by atoms with van der Waals surface area (Å²) in [7, 11) is 0. The van der Waals surface area contributed by atoms with Crippen molar-refractivity contribution in [1.29, 1.82) is 0 Å². The lowest BCUT2D eigenvalue weighted by Crippen LogP contribution is -2.15. The molecule has 0 N–H and O–H groups in total. The zero-order chi connectivity index (χ0) is 24.9. The fourth-order valence-electron chi connectivity index (χ4n) is 2.89. The average Bonchev–Trinajstić information content (AvgIpc) is 2.78. The minimum Gasteiger partial charge on any atom is -0.489 e. The number of alkyl halides is 3. The van der Waals surface area contributed by atoms with Gasteiger partial charge in [0.05, 0.1) is 17.6 Å². The van der Waals surface area contributed by atoms with Gasteiger partial charge in [-0.25, -0.2) is 4.79 Å². The standard InChI is InChI=1S/C25H23F3O6/c1-4-12-32-24(30)16-5-7-17(8-6-16)33-22-21(29)19-10-9-18(31-13-11-15(2)3)14-20(19)34-23(22)25(26,27)28/h5-11,14H,4,12-13H2,1-3H3. The van der Waals surface area contributed by atoms with Crippen LogP contribution < -0.4 is 14.9 Å². The summed E-state index contributed by atoms with van der Waals surface area (Å²) >= 11 is 0. The van der Waals surface area contributed by atoms with Crippen LogP contribution in [0, 0.1) is 0 Å². The maximum absolute atomic E-state index is 13.7. The van der Waals surface area contributed by atoms with Crippen LogP contribution in [0.1, 0.15) is 43.3 Å². The van der Waals surface area contributed by atoms with E-state index in [-0.39, 0.29) is 41.2 Å². The highest BCUT2D eigenvalue weighted by Gasteiger charge is 2.40. The Labute approximate surface area is 193 Å². The third kappa shape index (κ3) is 5.98. The molecule has 9 heteroatoms. The Balaban J connectivity index is 1.96. The Hall–Kier alpha value is -3.75. The topological polar surface area (TPSA) is 75.0 Å². The van der Waals surface area contributed by atoms with Crippen molar-refractivity contribution in [2.24, 2.45) is 0 Å². The Bertz CT molecular complexity index is 1250. The van der Waals surface area contributed by atoms with Crippen LogP contribution in [0.4, 0.5) is 13.2 Å². The van der Waals surface area contributed by atoms with Gasteiger partial charge >= 0.3 is 12.1 Å². The van der Waals surface area contributed by atoms with Crippen molar-refractivity contribution in [3.05, 3.63) is 75.7 Å². The van der Waals surface area contributed by atoms with Gasteiger partial charge in [-0.2, -0.15) is 13.2 Å². The van der Waals surface area contributed by atoms with E-state index in [1.165, 1.54) is 42.5 Å². The summed E-state index contributed by atoms with van der Waals surface area (Å²) in [6.45, 7) is 6.06. The largest absolute Gasteiger partial charge is 0.489 e. The van der Waals surface area contributed by atoms with E-state index >= 15 is 0 Å². The van der Waals surface area contributed by atoms with E-state index in [2.05, 4.69) is 0 Å². The summed E-state index contributed by atoms with van der Waals surface area (Å²) in [5, 5.41) is -0.0997. The van der Waals surface area contributed by atoms with Gasteiger partial charge in [0.1, 0.15) is 23.7 Å². The molecule has 1 aromatic heterocycles. The molecule has 0 bridgehead atoms. The Kier molecular flexibility index (Phi) is 7.65. The van der Waals surface area contributed by atoms with Crippen LogP contribution in [-0.2, 0) is 10.9 Å². The molecule has 0 saturated carbocycles. The zero-order valence-corrected chi connectivity index (χ0v) is 18.8. The van der Waals surface area contributed by atoms with Crippen LogP contribution in [0.5, 0.6) is 17.2 Å². The molecule has 0 radical (unpaired) electrons. The van der Waals surface area contributed by atoms with Gasteiger partial charge in [0, 0.05) is 6.07 Å². The minimum absolute atomic E-state index is 0.0779. The minimum atomic E-state index is -4.99. The van der Waals surface area contributed by atoms with Crippen molar-refractivity contribution in [2.45, 2.75) is 33.4 Å². The van der Waals surface area contributed by atoms with Gasteiger partial charge in [-0.15, -0.1) is 0 Å². The lowest BCUT2D eigenvalue weighted by Gasteiger charge is -2.14. The highest BCUT2D eigenvalue weighted by atomic mass is 19.4. The number of rotatable bonds is 8. The Morgan fingerprint density at radius 1 is 1.06 bits per heavy atom. The first kappa shape index (κ1) is 24.9. The SMILES string of the molecule is CCCOC(=O)c1ccc(Oc2c(C(F)(F)F)oc3cc(OCC=C(C)C)ccc3c2=O)cc1. The molecule has 3 aromatic rings. The molecule has 0 saturated heterocycles. The molecule has 34 heavy (non-hydrogen) atoms. The molecule has 0 fully saturated rings. The summed E-state index contributed by atoms with van der Waals surface area (Å²) in [6, 6.07) is 9.22. The first-order valence-corrected chi connectivity index (χ1v) is 10.5. The zero-order valence-electron chi connectivity index (χ0n) is 18.8. The first-order valence-electron chi connectivity index (χ1n) is 10.5. The molecule has 0 unspecified atom stereocenters. The second-order valence-electron chi connectivity index (χ2n) is 7.60. The molecule has 0 amide bonds. The Morgan fingerprint density at radius 3 is 2.35 bits per heavy atom. The number of benzene rings is 2. The van der Waals surface area contributed by atoms with E-state index < -0.39 is 29.1 Å². The van der Waals surface area contributed by atoms with Crippen LogP contribution in [-0.4, -0.2) is 19.2 Å². The van der Waals surface area contributed by atoms with Gasteiger partial charge < -0.3 is 18.6 Å². The second-order valence-corrected chi connectivity index (χ2v) is 7.60. The van der Waals surface area contributed by atoms with Gasteiger partial charge in [0.2, 0.25) is 11.2 Å². The van der Waals surface area contributed by atoms with Crippen LogP contribution in [0.2, 0.25) is 0 Å². The van der Waals surface area contributed by atoms with Gasteiger partial charge in [0.15, 0.2) is 0 Å². The average molecular weight is 476 g/mol. The van der Waals surface area contributed by atoms with Crippen molar-refractivity contribution >= 4 is 16.9 Å². The van der Waals surface area contributed by atoms with Crippen molar-refractivity contribution in [3.8, 4) is 17.2 Å². The van der Waals surface area contributed by atoms with Gasteiger partial charge in [-0.3, -0.25) is 4.79 Å². The summed E-state index contributed by atoms with van der Waals surface area (Å²) < 4.78 is 62.0. The van der Waals surface area contributed by atoms with Crippen LogP contribution in [0.3, 0.4) is 0 Å². The molecule has 2 aromatic carbocycles. The van der Waals surface area contributed by atoms with E-state index in [9.17, 15) is 22.8 Å². The highest BCUT2D eigenvalue weighted by Crippen LogP contribution is 2.38. The fraction of sp³-hybridized carbons (Fsp3) is 0.280. The predicted molar refractivity (Wildman–Crippen MR) is 120 cm³/mol. The van der Waals surface area contributed by atoms with Crippen LogP contribution >= 0.6 is 0 Å². The number of fused-ring (bicyclic) bond motifs is 1. The molecule has 0 atom stereocenters. The van der Waals surface area contributed by atoms with E-state index in [1.807, 2.05) is 20.8 Å². The monoisotopic (exact) mass is 476 g/mol. The number of esters is 1. The highest BCUT2D eigenvalue weighted by molar-refractivity contribution is 5.89. The summed E-state index contributed by atoms with van der Waals surface area (Å²) in [5.74, 6) is -2.97. The smallest absolute Gasteiger partial charge is 0.453 e. The maximum Gasteiger partial charge on any atom is 0.453 e. The molecule has 180 valence electrons. The molecular formula is C25H23F3O6. The molecule has 3 rings (SSSR count). The van der Waals surface area contributed by atoms with Crippen molar-refractivity contribution < 1.29 is 36.6 Å². The number of hydrogen-bond acceptors (Lipinski definition) is 6. The quantitative estimate of drug-likeness (QED) is 0.272. The Morgan fingerprint density at radius 2 is 1.74 bits per heavy atom. The molecule has 1 heterocycles. The number of allylic oxidation sites excluding steroid dienone is 1. The van der Waals surface area contributed by atoms with Gasteiger partial charge in [-0.05, 0) is 62.7 Å². The summed E-state index contributed by atoms with van der Waals surface area (Å²) in [5.41, 5.74) is -0.0633. The number of hydrogen-bond donors (Lipinski definition) is 0. The van der Waals surface area contributed by atoms with Crippen molar-refractivity contribution in [1.82, 2.24) is 0 Å². The van der Waals surface area contributed by atoms with Crippen molar-refractivity contribution in [3.63, 3.8) is 0 Å². The van der Waals surface area contributed by atoms with Crippen LogP contribution in [0.25, 0.3) is 11.0 Å². The lowest BCUT2D eigenvalue weighted by atomic mass is 10.2. The normalized spacial score (nSPS) is 11.2. The van der Waals surface area contributed by atoms with Crippen LogP contribution in [0.15, 0.2) is 63.3 Å². The van der Waals surface area contributed by atoms with E-state index in [0.29, 0.717) is 6.42 Å². The molecule has 0 spiro atoms. The van der Waals surface area contributed by atoms with E-state index in [4.69, 9.17) is 18.6 Å². The van der Waals surface area contributed by atoms with E-state index in [1.54, 1.807) is 6.08 Å². The van der Waals surface area contributed by atoms with Crippen molar-refractivity contribution in [2.75, 3.05) is 13.2 Å².